The molecule has 1 aromatic carbocycles. The highest BCUT2D eigenvalue weighted by Gasteiger charge is 2.17. The van der Waals surface area contributed by atoms with Crippen LogP contribution in [-0.2, 0) is 0 Å². The Kier molecular flexibility index (Phi) is 4.43. The van der Waals surface area contributed by atoms with E-state index >= 15 is 0 Å². The molecule has 1 amide bonds. The minimum absolute atomic E-state index is 0.147. The molecule has 0 saturated carbocycles. The van der Waals surface area contributed by atoms with Gasteiger partial charge >= 0.3 is 0 Å². The van der Waals surface area contributed by atoms with Crippen LogP contribution in [0, 0.1) is 18.3 Å². The van der Waals surface area contributed by atoms with Crippen molar-refractivity contribution in [3.8, 4) is 17.3 Å². The van der Waals surface area contributed by atoms with Crippen LogP contribution < -0.4 is 11.3 Å². The summed E-state index contributed by atoms with van der Waals surface area (Å²) in [6, 6.07) is 8.37. The number of rotatable bonds is 2. The molecule has 2 aromatic rings. The lowest BCUT2D eigenvalue weighted by Crippen LogP contribution is -2.31. The Labute approximate surface area is 131 Å². The smallest absolute Gasteiger partial charge is 0.266 e. The standard InChI is InChI=1S/C14H10Cl2N4O/c1-7-11(6-17)10(14(21)20-18)5-13(19-7)9-3-2-8(15)4-12(9)16/h2-5H,18H2,1H3,(H,20,21). The zero-order valence-corrected chi connectivity index (χ0v) is 12.5. The Hall–Kier alpha value is -2.13. The molecule has 1 heterocycles. The van der Waals surface area contributed by atoms with Gasteiger partial charge in [-0.25, -0.2) is 5.84 Å². The van der Waals surface area contributed by atoms with Crippen molar-refractivity contribution < 1.29 is 4.79 Å². The summed E-state index contributed by atoms with van der Waals surface area (Å²) in [6.45, 7) is 1.64. The SMILES string of the molecule is Cc1nc(-c2ccc(Cl)cc2Cl)cc(C(=O)NN)c1C#N. The predicted molar refractivity (Wildman–Crippen MR) is 80.8 cm³/mol. The number of hydrogen-bond donors (Lipinski definition) is 2. The predicted octanol–water partition coefficient (Wildman–Crippen LogP) is 2.84. The number of benzene rings is 1. The monoisotopic (exact) mass is 320 g/mol. The van der Waals surface area contributed by atoms with Gasteiger partial charge in [0.2, 0.25) is 0 Å². The Morgan fingerprint density at radius 1 is 1.38 bits per heavy atom. The second kappa shape index (κ2) is 6.10. The number of halogens is 2. The summed E-state index contributed by atoms with van der Waals surface area (Å²) in [5, 5.41) is 10.0. The van der Waals surface area contributed by atoms with Gasteiger partial charge < -0.3 is 0 Å². The van der Waals surface area contributed by atoms with E-state index in [1.807, 2.05) is 11.5 Å². The molecule has 0 bridgehead atoms. The van der Waals surface area contributed by atoms with Gasteiger partial charge in [-0.3, -0.25) is 15.2 Å². The number of nitrogens with one attached hydrogen (secondary N) is 1. The lowest BCUT2D eigenvalue weighted by molar-refractivity contribution is 0.0953. The van der Waals surface area contributed by atoms with Crippen LogP contribution in [0.3, 0.4) is 0 Å². The van der Waals surface area contributed by atoms with Crippen LogP contribution in [0.2, 0.25) is 10.0 Å². The van der Waals surface area contributed by atoms with Crippen molar-refractivity contribution in [1.82, 2.24) is 10.4 Å². The molecule has 0 unspecified atom stereocenters. The molecule has 3 N–H and O–H groups in total. The molecule has 5 nitrogen and oxygen atoms in total. The molecule has 106 valence electrons. The number of carbonyl (C=O) groups is 1. The van der Waals surface area contributed by atoms with Gasteiger partial charge in [0.1, 0.15) is 6.07 Å². The summed E-state index contributed by atoms with van der Waals surface area (Å²) in [7, 11) is 0. The summed E-state index contributed by atoms with van der Waals surface area (Å²) in [5.74, 6) is 4.58. The molecule has 0 fully saturated rings. The molecule has 0 radical (unpaired) electrons. The first-order valence-corrected chi connectivity index (χ1v) is 6.61. The van der Waals surface area contributed by atoms with Gasteiger partial charge in [0.05, 0.1) is 27.5 Å². The summed E-state index contributed by atoms with van der Waals surface area (Å²) in [4.78, 5) is 16.1. The van der Waals surface area contributed by atoms with Gasteiger partial charge in [-0.1, -0.05) is 23.2 Å². The maximum atomic E-state index is 11.8. The fourth-order valence-electron chi connectivity index (χ4n) is 1.91. The molecule has 0 saturated heterocycles. The van der Waals surface area contributed by atoms with E-state index in [2.05, 4.69) is 4.98 Å². The molecule has 21 heavy (non-hydrogen) atoms. The second-order valence-electron chi connectivity index (χ2n) is 4.22. The average molecular weight is 321 g/mol. The first kappa shape index (κ1) is 15.3. The van der Waals surface area contributed by atoms with Gasteiger partial charge in [-0.15, -0.1) is 0 Å². The fourth-order valence-corrected chi connectivity index (χ4v) is 2.41. The van der Waals surface area contributed by atoms with Gasteiger partial charge in [0, 0.05) is 10.6 Å². The number of pyridine rings is 1. The Morgan fingerprint density at radius 3 is 2.67 bits per heavy atom. The number of amides is 1. The third kappa shape index (κ3) is 2.98. The first-order valence-electron chi connectivity index (χ1n) is 5.86. The molecular weight excluding hydrogens is 311 g/mol. The van der Waals surface area contributed by atoms with Crippen LogP contribution in [-0.4, -0.2) is 10.9 Å². The summed E-state index contributed by atoms with van der Waals surface area (Å²) < 4.78 is 0. The van der Waals surface area contributed by atoms with E-state index < -0.39 is 5.91 Å². The van der Waals surface area contributed by atoms with Crippen LogP contribution in [0.15, 0.2) is 24.3 Å². The van der Waals surface area contributed by atoms with Crippen LogP contribution in [0.4, 0.5) is 0 Å². The highest BCUT2D eigenvalue weighted by atomic mass is 35.5. The number of carbonyl (C=O) groups excluding carboxylic acids is 1. The molecule has 1 aromatic heterocycles. The van der Waals surface area contributed by atoms with E-state index in [0.717, 1.165) is 0 Å². The molecule has 0 spiro atoms. The van der Waals surface area contributed by atoms with Crippen molar-refractivity contribution in [3.05, 3.63) is 51.1 Å². The van der Waals surface area contributed by atoms with Crippen LogP contribution in [0.1, 0.15) is 21.6 Å². The molecule has 2 rings (SSSR count). The number of hydrogen-bond acceptors (Lipinski definition) is 4. The Balaban J connectivity index is 2.69. The minimum atomic E-state index is -0.566. The average Bonchev–Trinajstić information content (AvgIpc) is 2.45. The first-order chi connectivity index (χ1) is 9.97. The number of nitrogens with zero attached hydrogens (tertiary/aromatic N) is 2. The maximum absolute atomic E-state index is 11.8. The van der Waals surface area contributed by atoms with Gasteiger partial charge in [-0.2, -0.15) is 5.26 Å². The molecule has 7 heteroatoms. The molecule has 0 aliphatic heterocycles. The topological polar surface area (TPSA) is 91.8 Å². The normalized spacial score (nSPS) is 10.0. The maximum Gasteiger partial charge on any atom is 0.266 e. The van der Waals surface area contributed by atoms with Crippen LogP contribution >= 0.6 is 23.2 Å². The lowest BCUT2D eigenvalue weighted by Gasteiger charge is -2.10. The van der Waals surface area contributed by atoms with Crippen molar-refractivity contribution in [3.63, 3.8) is 0 Å². The largest absolute Gasteiger partial charge is 0.290 e. The van der Waals surface area contributed by atoms with E-state index in [4.69, 9.17) is 34.3 Å². The summed E-state index contributed by atoms with van der Waals surface area (Å²) in [6.07, 6.45) is 0. The number of aromatic nitrogens is 1. The van der Waals surface area contributed by atoms with Crippen molar-refractivity contribution in [1.29, 1.82) is 5.26 Å². The number of nitriles is 1. The summed E-state index contributed by atoms with van der Waals surface area (Å²) >= 11 is 12.0. The van der Waals surface area contributed by atoms with Crippen LogP contribution in [0.5, 0.6) is 0 Å². The van der Waals surface area contributed by atoms with Crippen molar-refractivity contribution >= 4 is 29.1 Å². The number of hydrazine groups is 1. The molecule has 0 aliphatic rings. The van der Waals surface area contributed by atoms with E-state index in [1.54, 1.807) is 25.1 Å². The van der Waals surface area contributed by atoms with E-state index in [1.165, 1.54) is 6.07 Å². The fraction of sp³-hybridized carbons (Fsp3) is 0.0714. The van der Waals surface area contributed by atoms with Crippen molar-refractivity contribution in [2.75, 3.05) is 0 Å². The van der Waals surface area contributed by atoms with Crippen molar-refractivity contribution in [2.45, 2.75) is 6.92 Å². The molecule has 0 aliphatic carbocycles. The number of nitrogen functional groups attached to an aromatic ring is 1. The highest BCUT2D eigenvalue weighted by molar-refractivity contribution is 6.36. The highest BCUT2D eigenvalue weighted by Crippen LogP contribution is 2.30. The molecular formula is C14H10Cl2N4O. The number of aryl methyl sites for hydroxylation is 1. The molecule has 0 atom stereocenters. The van der Waals surface area contributed by atoms with Gasteiger partial charge in [0.15, 0.2) is 0 Å². The zero-order valence-electron chi connectivity index (χ0n) is 10.9. The van der Waals surface area contributed by atoms with E-state index in [-0.39, 0.29) is 11.1 Å². The van der Waals surface area contributed by atoms with Gasteiger partial charge in [0.25, 0.3) is 5.91 Å². The Morgan fingerprint density at radius 2 is 2.10 bits per heavy atom. The second-order valence-corrected chi connectivity index (χ2v) is 5.07. The lowest BCUT2D eigenvalue weighted by atomic mass is 10.0. The quantitative estimate of drug-likeness (QED) is 0.505. The van der Waals surface area contributed by atoms with Gasteiger partial charge in [-0.05, 0) is 31.2 Å². The minimum Gasteiger partial charge on any atom is -0.290 e. The third-order valence-electron chi connectivity index (χ3n) is 2.89. The number of nitrogens with two attached hydrogens (primary N) is 1. The zero-order chi connectivity index (χ0) is 15.6. The van der Waals surface area contributed by atoms with Crippen LogP contribution in [0.25, 0.3) is 11.3 Å². The third-order valence-corrected chi connectivity index (χ3v) is 3.44. The summed E-state index contributed by atoms with van der Waals surface area (Å²) in [5.41, 5.74) is 3.83. The Bertz CT molecular complexity index is 768. The van der Waals surface area contributed by atoms with Crippen molar-refractivity contribution in [2.24, 2.45) is 5.84 Å². The van der Waals surface area contributed by atoms with E-state index in [9.17, 15) is 4.79 Å². The van der Waals surface area contributed by atoms with E-state index in [0.29, 0.717) is 27.0 Å².